The van der Waals surface area contributed by atoms with Crippen LogP contribution in [0.25, 0.3) is 0 Å². The predicted octanol–water partition coefficient (Wildman–Crippen LogP) is 0.621. The Hall–Kier alpha value is -1.59. The Morgan fingerprint density at radius 1 is 1.33 bits per heavy atom. The molecule has 1 amide bonds. The monoisotopic (exact) mass is 253 g/mol. The molecule has 0 saturated heterocycles. The fourth-order valence-electron chi connectivity index (χ4n) is 1.74. The molecule has 1 aromatic rings. The Kier molecular flexibility index (Phi) is 5.12. The van der Waals surface area contributed by atoms with Crippen molar-refractivity contribution in [2.24, 2.45) is 0 Å². The Bertz CT molecular complexity index is 399. The van der Waals surface area contributed by atoms with Crippen molar-refractivity contribution in [3.63, 3.8) is 0 Å². The number of amides is 1. The summed E-state index contributed by atoms with van der Waals surface area (Å²) in [5.41, 5.74) is 1.26. The normalized spacial score (nSPS) is 14.0. The van der Waals surface area contributed by atoms with E-state index in [-0.39, 0.29) is 18.1 Å². The van der Waals surface area contributed by atoms with Gasteiger partial charge in [0.15, 0.2) is 0 Å². The van der Waals surface area contributed by atoms with E-state index in [2.05, 4.69) is 5.32 Å². The fraction of sp³-hybridized carbons (Fsp3) is 0.462. The highest BCUT2D eigenvalue weighted by atomic mass is 16.3. The number of benzene rings is 1. The Morgan fingerprint density at radius 2 is 2.00 bits per heavy atom. The number of phenols is 1. The number of phenolic OH excluding ortho intramolecular Hbond substituents is 1. The van der Waals surface area contributed by atoms with Crippen LogP contribution in [0.5, 0.6) is 5.75 Å². The van der Waals surface area contributed by atoms with Crippen LogP contribution in [0.1, 0.15) is 30.6 Å². The number of carbonyl (C=O) groups is 1. The third-order valence-corrected chi connectivity index (χ3v) is 2.60. The highest BCUT2D eigenvalue weighted by Crippen LogP contribution is 2.24. The van der Waals surface area contributed by atoms with Gasteiger partial charge in [0.25, 0.3) is 0 Å². The number of hydrogen-bond acceptors (Lipinski definition) is 4. The third kappa shape index (κ3) is 4.35. The standard InChI is InChI=1S/C13H19NO4/c1-8-5-10(7-11(16)6-8)13(18)12(17)3-4-14-9(2)15/h5-7,12-13,16-18H,3-4H2,1-2H3,(H,14,15). The lowest BCUT2D eigenvalue weighted by Gasteiger charge is -2.19. The Labute approximate surface area is 106 Å². The van der Waals surface area contributed by atoms with Gasteiger partial charge in [0.05, 0.1) is 6.10 Å². The Morgan fingerprint density at radius 3 is 2.56 bits per heavy atom. The van der Waals surface area contributed by atoms with Gasteiger partial charge in [-0.05, 0) is 36.6 Å². The summed E-state index contributed by atoms with van der Waals surface area (Å²) in [6.45, 7) is 3.48. The highest BCUT2D eigenvalue weighted by molar-refractivity contribution is 5.72. The zero-order valence-corrected chi connectivity index (χ0v) is 10.6. The van der Waals surface area contributed by atoms with Gasteiger partial charge < -0.3 is 20.6 Å². The van der Waals surface area contributed by atoms with Crippen LogP contribution in [-0.4, -0.2) is 33.9 Å². The van der Waals surface area contributed by atoms with Crippen molar-refractivity contribution in [3.8, 4) is 5.75 Å². The number of aliphatic hydroxyl groups is 2. The Balaban J connectivity index is 2.62. The number of carbonyl (C=O) groups excluding carboxylic acids is 1. The van der Waals surface area contributed by atoms with Crippen molar-refractivity contribution in [1.82, 2.24) is 5.32 Å². The molecule has 0 heterocycles. The molecule has 0 saturated carbocycles. The molecule has 2 unspecified atom stereocenters. The van der Waals surface area contributed by atoms with Gasteiger partial charge >= 0.3 is 0 Å². The summed E-state index contributed by atoms with van der Waals surface area (Å²) in [6.07, 6.45) is -1.82. The van der Waals surface area contributed by atoms with E-state index in [0.717, 1.165) is 5.56 Å². The predicted molar refractivity (Wildman–Crippen MR) is 67.1 cm³/mol. The number of aryl methyl sites for hydroxylation is 1. The second-order valence-corrected chi connectivity index (χ2v) is 4.39. The first kappa shape index (κ1) is 14.5. The second kappa shape index (κ2) is 6.37. The summed E-state index contributed by atoms with van der Waals surface area (Å²) in [6, 6.07) is 4.69. The van der Waals surface area contributed by atoms with Crippen molar-refractivity contribution in [2.45, 2.75) is 32.5 Å². The van der Waals surface area contributed by atoms with Crippen LogP contribution in [0.4, 0.5) is 0 Å². The molecule has 1 rings (SSSR count). The van der Waals surface area contributed by atoms with Crippen LogP contribution in [0, 0.1) is 6.92 Å². The van der Waals surface area contributed by atoms with Gasteiger partial charge in [-0.15, -0.1) is 0 Å². The van der Waals surface area contributed by atoms with Crippen LogP contribution in [-0.2, 0) is 4.79 Å². The third-order valence-electron chi connectivity index (χ3n) is 2.60. The van der Waals surface area contributed by atoms with Crippen molar-refractivity contribution in [2.75, 3.05) is 6.54 Å². The number of aromatic hydroxyl groups is 1. The lowest BCUT2D eigenvalue weighted by atomic mass is 10.00. The lowest BCUT2D eigenvalue weighted by molar-refractivity contribution is -0.119. The summed E-state index contributed by atoms with van der Waals surface area (Å²) < 4.78 is 0. The molecule has 18 heavy (non-hydrogen) atoms. The molecule has 5 nitrogen and oxygen atoms in total. The first-order valence-corrected chi connectivity index (χ1v) is 5.81. The molecule has 0 spiro atoms. The average molecular weight is 253 g/mol. The maximum absolute atomic E-state index is 10.7. The van der Waals surface area contributed by atoms with Gasteiger partial charge in [-0.25, -0.2) is 0 Å². The van der Waals surface area contributed by atoms with Crippen LogP contribution < -0.4 is 5.32 Å². The molecule has 0 aliphatic rings. The first-order chi connectivity index (χ1) is 8.40. The van der Waals surface area contributed by atoms with Crippen molar-refractivity contribution < 1.29 is 20.1 Å². The molecule has 0 aliphatic heterocycles. The summed E-state index contributed by atoms with van der Waals surface area (Å²) in [5.74, 6) is -0.122. The van der Waals surface area contributed by atoms with Gasteiger partial charge in [-0.2, -0.15) is 0 Å². The minimum Gasteiger partial charge on any atom is -0.508 e. The molecule has 1 aromatic carbocycles. The molecule has 0 radical (unpaired) electrons. The van der Waals surface area contributed by atoms with Crippen LogP contribution in [0.3, 0.4) is 0 Å². The molecule has 0 aliphatic carbocycles. The van der Waals surface area contributed by atoms with Gasteiger partial charge in [0.2, 0.25) is 5.91 Å². The van der Waals surface area contributed by atoms with E-state index in [1.807, 2.05) is 0 Å². The van der Waals surface area contributed by atoms with Crippen molar-refractivity contribution in [1.29, 1.82) is 0 Å². The van der Waals surface area contributed by atoms with Crippen LogP contribution >= 0.6 is 0 Å². The van der Waals surface area contributed by atoms with E-state index in [9.17, 15) is 20.1 Å². The molecule has 5 heteroatoms. The van der Waals surface area contributed by atoms with Gasteiger partial charge in [-0.3, -0.25) is 4.79 Å². The maximum Gasteiger partial charge on any atom is 0.216 e. The molecular weight excluding hydrogens is 234 g/mol. The highest BCUT2D eigenvalue weighted by Gasteiger charge is 2.18. The smallest absolute Gasteiger partial charge is 0.216 e. The topological polar surface area (TPSA) is 89.8 Å². The molecular formula is C13H19NO4. The van der Waals surface area contributed by atoms with E-state index >= 15 is 0 Å². The summed E-state index contributed by atoms with van der Waals surface area (Å²) in [7, 11) is 0. The molecule has 4 N–H and O–H groups in total. The van der Waals surface area contributed by atoms with Crippen LogP contribution in [0.15, 0.2) is 18.2 Å². The van der Waals surface area contributed by atoms with E-state index < -0.39 is 12.2 Å². The van der Waals surface area contributed by atoms with Crippen molar-refractivity contribution in [3.05, 3.63) is 29.3 Å². The molecule has 2 atom stereocenters. The fourth-order valence-corrected chi connectivity index (χ4v) is 1.74. The van der Waals surface area contributed by atoms with Crippen LogP contribution in [0.2, 0.25) is 0 Å². The second-order valence-electron chi connectivity index (χ2n) is 4.39. The molecule has 0 aromatic heterocycles. The molecule has 0 fully saturated rings. The number of rotatable bonds is 5. The van der Waals surface area contributed by atoms with E-state index in [0.29, 0.717) is 12.1 Å². The van der Waals surface area contributed by atoms with E-state index in [1.54, 1.807) is 19.1 Å². The summed E-state index contributed by atoms with van der Waals surface area (Å²) in [4.78, 5) is 10.7. The van der Waals surface area contributed by atoms with Gasteiger partial charge in [0, 0.05) is 13.5 Å². The zero-order valence-electron chi connectivity index (χ0n) is 10.6. The maximum atomic E-state index is 10.7. The number of hydrogen-bond donors (Lipinski definition) is 4. The van der Waals surface area contributed by atoms with Gasteiger partial charge in [-0.1, -0.05) is 6.07 Å². The summed E-state index contributed by atoms with van der Waals surface area (Å²) in [5, 5.41) is 31.7. The quantitative estimate of drug-likeness (QED) is 0.619. The largest absolute Gasteiger partial charge is 0.508 e. The van der Waals surface area contributed by atoms with E-state index in [1.165, 1.54) is 13.0 Å². The lowest BCUT2D eigenvalue weighted by Crippen LogP contribution is -2.27. The van der Waals surface area contributed by atoms with Crippen molar-refractivity contribution >= 4 is 5.91 Å². The van der Waals surface area contributed by atoms with Gasteiger partial charge in [0.1, 0.15) is 11.9 Å². The SMILES string of the molecule is CC(=O)NCCC(O)C(O)c1cc(C)cc(O)c1. The molecule has 0 bridgehead atoms. The first-order valence-electron chi connectivity index (χ1n) is 5.81. The molecule has 100 valence electrons. The minimum absolute atomic E-state index is 0.0538. The zero-order chi connectivity index (χ0) is 13.7. The summed E-state index contributed by atoms with van der Waals surface area (Å²) >= 11 is 0. The number of aliphatic hydroxyl groups excluding tert-OH is 2. The minimum atomic E-state index is -1.08. The average Bonchev–Trinajstić information content (AvgIpc) is 2.26. The number of nitrogens with one attached hydrogen (secondary N) is 1. The van der Waals surface area contributed by atoms with E-state index in [4.69, 9.17) is 0 Å².